The van der Waals surface area contributed by atoms with Crippen LogP contribution in [0.1, 0.15) is 31.2 Å². The second kappa shape index (κ2) is 11.8. The van der Waals surface area contributed by atoms with Crippen LogP contribution in [0.15, 0.2) is 72.6 Å². The van der Waals surface area contributed by atoms with Crippen LogP contribution in [0.2, 0.25) is 5.02 Å². The maximum Gasteiger partial charge on any atom is 0.268 e. The molecule has 1 unspecified atom stereocenters. The third kappa shape index (κ3) is 5.89. The summed E-state index contributed by atoms with van der Waals surface area (Å²) >= 11 is 5.51. The van der Waals surface area contributed by atoms with Crippen molar-refractivity contribution in [3.8, 4) is 16.9 Å². The molecule has 0 saturated heterocycles. The number of aryl methyl sites for hydroxylation is 1. The third-order valence-electron chi connectivity index (χ3n) is 6.22. The van der Waals surface area contributed by atoms with Gasteiger partial charge in [0.15, 0.2) is 12.3 Å². The number of nitrogens with zero attached hydrogens (tertiary/aromatic N) is 2. The van der Waals surface area contributed by atoms with Crippen LogP contribution in [0.3, 0.4) is 0 Å². The Morgan fingerprint density at radius 3 is 2.73 bits per heavy atom. The Hall–Kier alpha value is -2.75. The van der Waals surface area contributed by atoms with Crippen molar-refractivity contribution in [2.24, 2.45) is 0 Å². The summed E-state index contributed by atoms with van der Waals surface area (Å²) in [5, 5.41) is 1.78. The third-order valence-corrected chi connectivity index (χ3v) is 7.92. The maximum atomic E-state index is 10.9. The minimum absolute atomic E-state index is 0.103. The number of thiazole rings is 1. The first kappa shape index (κ1) is 25.9. The molecule has 37 heavy (non-hydrogen) atoms. The number of hydrogen-bond acceptors (Lipinski definition) is 6. The smallest absolute Gasteiger partial charge is 0.268 e. The summed E-state index contributed by atoms with van der Waals surface area (Å²) < 4.78 is 36.3. The van der Waals surface area contributed by atoms with Crippen LogP contribution in [-0.4, -0.2) is 21.9 Å². The molecule has 3 aromatic carbocycles. The first-order valence-corrected chi connectivity index (χ1v) is 14.4. The molecular formula is C28H27ClN2O4S2. The lowest BCUT2D eigenvalue weighted by atomic mass is 10.0. The summed E-state index contributed by atoms with van der Waals surface area (Å²) in [6, 6.07) is 22.3. The van der Waals surface area contributed by atoms with E-state index in [1.807, 2.05) is 36.4 Å². The van der Waals surface area contributed by atoms with Crippen LogP contribution in [0.4, 0.5) is 5.69 Å². The average molecular weight is 555 g/mol. The SMILES string of the molecule is CCCC[n+]1c(C=C2Oc3ccc(-c4ccccc4)cc3N2CCCOS(=O)[O-])sc2ccc(Cl)cc21. The molecule has 0 aliphatic carbocycles. The van der Waals surface area contributed by atoms with E-state index >= 15 is 0 Å². The van der Waals surface area contributed by atoms with Crippen molar-refractivity contribution in [3.63, 3.8) is 0 Å². The summed E-state index contributed by atoms with van der Waals surface area (Å²) in [6.45, 7) is 3.70. The molecule has 0 bridgehead atoms. The minimum atomic E-state index is -2.53. The van der Waals surface area contributed by atoms with Gasteiger partial charge in [-0.1, -0.05) is 72.7 Å². The highest BCUT2D eigenvalue weighted by Gasteiger charge is 2.29. The fraction of sp³-hybridized carbons (Fsp3) is 0.250. The number of fused-ring (bicyclic) bond motifs is 2. The highest BCUT2D eigenvalue weighted by molar-refractivity contribution is 7.74. The first-order valence-electron chi connectivity index (χ1n) is 12.2. The number of hydrogen-bond donors (Lipinski definition) is 0. The summed E-state index contributed by atoms with van der Waals surface area (Å²) in [4.78, 5) is 2.10. The van der Waals surface area contributed by atoms with Crippen LogP contribution < -0.4 is 14.2 Å². The predicted molar refractivity (Wildman–Crippen MR) is 149 cm³/mol. The first-order chi connectivity index (χ1) is 18.0. The van der Waals surface area contributed by atoms with Crippen molar-refractivity contribution in [2.75, 3.05) is 18.1 Å². The van der Waals surface area contributed by atoms with E-state index in [1.54, 1.807) is 11.3 Å². The molecule has 4 aromatic rings. The van der Waals surface area contributed by atoms with Gasteiger partial charge in [0.1, 0.15) is 4.70 Å². The van der Waals surface area contributed by atoms with Crippen LogP contribution in [0, 0.1) is 0 Å². The lowest BCUT2D eigenvalue weighted by molar-refractivity contribution is -0.669. The van der Waals surface area contributed by atoms with E-state index in [4.69, 9.17) is 20.5 Å². The van der Waals surface area contributed by atoms with Gasteiger partial charge in [-0.2, -0.15) is 4.57 Å². The van der Waals surface area contributed by atoms with Gasteiger partial charge in [-0.25, -0.2) is 4.21 Å². The molecule has 0 spiro atoms. The van der Waals surface area contributed by atoms with Crippen molar-refractivity contribution >= 4 is 56.3 Å². The molecule has 5 rings (SSSR count). The fourth-order valence-corrected chi connectivity index (χ4v) is 5.95. The molecule has 2 heterocycles. The van der Waals surface area contributed by atoms with E-state index in [-0.39, 0.29) is 6.61 Å². The average Bonchev–Trinajstić information content (AvgIpc) is 3.42. The molecule has 0 radical (unpaired) electrons. The molecule has 1 atom stereocenters. The Morgan fingerprint density at radius 1 is 1.11 bits per heavy atom. The molecule has 6 nitrogen and oxygen atoms in total. The molecule has 1 aliphatic heterocycles. The predicted octanol–water partition coefficient (Wildman–Crippen LogP) is 6.71. The van der Waals surface area contributed by atoms with E-state index in [0.717, 1.165) is 57.2 Å². The zero-order valence-electron chi connectivity index (χ0n) is 20.4. The summed E-state index contributed by atoms with van der Waals surface area (Å²) in [6.07, 6.45) is 4.72. The molecular weight excluding hydrogens is 528 g/mol. The van der Waals surface area contributed by atoms with Crippen LogP contribution in [0.25, 0.3) is 27.4 Å². The molecule has 1 aromatic heterocycles. The number of rotatable bonds is 10. The molecule has 0 fully saturated rings. The molecule has 0 saturated carbocycles. The highest BCUT2D eigenvalue weighted by atomic mass is 35.5. The van der Waals surface area contributed by atoms with E-state index in [2.05, 4.69) is 52.8 Å². The van der Waals surface area contributed by atoms with Crippen molar-refractivity contribution in [2.45, 2.75) is 32.7 Å². The molecule has 0 N–H and O–H groups in total. The number of halogens is 1. The molecule has 192 valence electrons. The van der Waals surface area contributed by atoms with Crippen LogP contribution >= 0.6 is 22.9 Å². The highest BCUT2D eigenvalue weighted by Crippen LogP contribution is 2.42. The van der Waals surface area contributed by atoms with Crippen LogP contribution in [-0.2, 0) is 22.1 Å². The number of aromatic nitrogens is 1. The van der Waals surface area contributed by atoms with E-state index in [1.165, 1.54) is 0 Å². The topological polar surface area (TPSA) is 65.7 Å². The Labute approximate surface area is 228 Å². The van der Waals surface area contributed by atoms with Crippen molar-refractivity contribution < 1.29 is 22.2 Å². The fourth-order valence-electron chi connectivity index (χ4n) is 4.43. The van der Waals surface area contributed by atoms with Crippen molar-refractivity contribution in [1.82, 2.24) is 0 Å². The van der Waals surface area contributed by atoms with Gasteiger partial charge in [-0.05, 0) is 41.8 Å². The normalized spacial score (nSPS) is 14.8. The Bertz CT molecular complexity index is 1460. The quantitative estimate of drug-likeness (QED) is 0.124. The number of ether oxygens (including phenoxy) is 1. The summed E-state index contributed by atoms with van der Waals surface area (Å²) in [7, 11) is 0. The lowest BCUT2D eigenvalue weighted by Crippen LogP contribution is -2.35. The van der Waals surface area contributed by atoms with Gasteiger partial charge in [0.05, 0.1) is 29.7 Å². The second-order valence-corrected chi connectivity index (χ2v) is 10.9. The summed E-state index contributed by atoms with van der Waals surface area (Å²) in [5.74, 6) is 1.47. The Kier molecular flexibility index (Phi) is 8.22. The van der Waals surface area contributed by atoms with E-state index in [0.29, 0.717) is 23.9 Å². The lowest BCUT2D eigenvalue weighted by Gasteiger charge is -2.18. The molecule has 1 aliphatic rings. The van der Waals surface area contributed by atoms with Gasteiger partial charge < -0.3 is 18.4 Å². The van der Waals surface area contributed by atoms with Crippen LogP contribution in [0.5, 0.6) is 5.75 Å². The molecule has 9 heteroatoms. The van der Waals surface area contributed by atoms with Crippen molar-refractivity contribution in [3.05, 3.63) is 82.6 Å². The standard InChI is InChI=1S/C28H27ClN2O4S2/c1-2-3-14-31-24-18-22(29)11-13-26(24)36-28(31)19-27-30(15-7-16-34-37(32)33)23-17-21(10-12-25(23)35-27)20-8-5-4-6-9-20/h4-6,8-13,17-19H,2-3,7,14-16H2,1H3. The Balaban J connectivity index is 1.53. The number of unbranched alkanes of at least 4 members (excludes halogenated alkanes) is 1. The van der Waals surface area contributed by atoms with E-state index in [9.17, 15) is 8.76 Å². The molecule has 0 amide bonds. The number of benzene rings is 3. The number of anilines is 1. The Morgan fingerprint density at radius 2 is 1.95 bits per heavy atom. The van der Waals surface area contributed by atoms with Gasteiger partial charge >= 0.3 is 0 Å². The zero-order valence-corrected chi connectivity index (χ0v) is 22.8. The van der Waals surface area contributed by atoms with E-state index < -0.39 is 11.4 Å². The minimum Gasteiger partial charge on any atom is -0.750 e. The largest absolute Gasteiger partial charge is 0.750 e. The summed E-state index contributed by atoms with van der Waals surface area (Å²) in [5.41, 5.74) is 4.25. The van der Waals surface area contributed by atoms with Gasteiger partial charge in [0.25, 0.3) is 5.01 Å². The van der Waals surface area contributed by atoms with Gasteiger partial charge in [0.2, 0.25) is 11.4 Å². The van der Waals surface area contributed by atoms with Gasteiger partial charge in [-0.15, -0.1) is 0 Å². The maximum absolute atomic E-state index is 10.9. The van der Waals surface area contributed by atoms with Gasteiger partial charge in [0, 0.05) is 24.1 Å². The van der Waals surface area contributed by atoms with Crippen molar-refractivity contribution in [1.29, 1.82) is 0 Å². The van der Waals surface area contributed by atoms with Gasteiger partial charge in [-0.3, -0.25) is 0 Å². The second-order valence-electron chi connectivity index (χ2n) is 8.72. The monoisotopic (exact) mass is 554 g/mol. The zero-order chi connectivity index (χ0) is 25.8.